The summed E-state index contributed by atoms with van der Waals surface area (Å²) in [5.74, 6) is 2.09. The normalized spacial score (nSPS) is 19.1. The van der Waals surface area contributed by atoms with Gasteiger partial charge in [0.25, 0.3) is 5.91 Å². The average Bonchev–Trinajstić information content (AvgIpc) is 3.02. The Morgan fingerprint density at radius 3 is 2.14 bits per heavy atom. The van der Waals surface area contributed by atoms with Crippen LogP contribution in [0.15, 0.2) is 95.9 Å². The molecule has 5 rings (SSSR count). The van der Waals surface area contributed by atoms with Crippen molar-refractivity contribution in [2.24, 2.45) is 5.84 Å². The molecule has 2 unspecified atom stereocenters. The summed E-state index contributed by atoms with van der Waals surface area (Å²) in [4.78, 5) is 66.6. The number of nitrogens with zero attached hydrogens (tertiary/aromatic N) is 2. The molecule has 0 aliphatic carbocycles. The van der Waals surface area contributed by atoms with Crippen molar-refractivity contribution < 1.29 is 28.7 Å². The van der Waals surface area contributed by atoms with Crippen LogP contribution in [0.25, 0.3) is 0 Å². The van der Waals surface area contributed by atoms with Gasteiger partial charge in [-0.2, -0.15) is 0 Å². The van der Waals surface area contributed by atoms with E-state index in [-0.39, 0.29) is 12.0 Å². The zero-order chi connectivity index (χ0) is 30.7. The van der Waals surface area contributed by atoms with E-state index < -0.39 is 53.2 Å². The van der Waals surface area contributed by atoms with Crippen molar-refractivity contribution in [2.45, 2.75) is 36.9 Å². The van der Waals surface area contributed by atoms with Crippen LogP contribution in [0, 0.1) is 0 Å². The van der Waals surface area contributed by atoms with Gasteiger partial charge in [-0.15, -0.1) is 11.8 Å². The maximum Gasteiger partial charge on any atom is 0.334 e. The predicted octanol–water partition coefficient (Wildman–Crippen LogP) is 3.12. The second-order valence-corrected chi connectivity index (χ2v) is 11.3. The van der Waals surface area contributed by atoms with Crippen LogP contribution in [0.3, 0.4) is 0 Å². The third-order valence-electron chi connectivity index (χ3n) is 7.08. The fourth-order valence-electron chi connectivity index (χ4n) is 4.89. The number of nitrogens with one attached hydrogen (secondary N) is 1. The molecule has 1 saturated heterocycles. The molecular formula is C31H27ClN4O6S. The van der Waals surface area contributed by atoms with E-state index in [9.17, 15) is 24.0 Å². The lowest BCUT2D eigenvalue weighted by molar-refractivity contribution is -0.166. The van der Waals surface area contributed by atoms with Crippen LogP contribution in [0.2, 0.25) is 5.02 Å². The number of β-lactam (4-membered cyclic amide) rings is 1. The molecule has 43 heavy (non-hydrogen) atoms. The number of amides is 4. The number of halogens is 1. The molecule has 0 aromatic heterocycles. The van der Waals surface area contributed by atoms with E-state index in [1.54, 1.807) is 72.8 Å². The third kappa shape index (κ3) is 6.19. The number of hydrazine groups is 1. The van der Waals surface area contributed by atoms with Crippen LogP contribution >= 0.6 is 23.4 Å². The molecule has 0 spiro atoms. The molecule has 0 bridgehead atoms. The highest BCUT2D eigenvalue weighted by atomic mass is 35.5. The Balaban J connectivity index is 1.43. The van der Waals surface area contributed by atoms with Gasteiger partial charge in [0, 0.05) is 11.9 Å². The van der Waals surface area contributed by atoms with E-state index in [0.29, 0.717) is 26.7 Å². The number of carbonyl (C=O) groups excluding carboxylic acids is 5. The monoisotopic (exact) mass is 618 g/mol. The van der Waals surface area contributed by atoms with E-state index >= 15 is 0 Å². The summed E-state index contributed by atoms with van der Waals surface area (Å²) in [6.07, 6.45) is -0.911. The Bertz CT molecular complexity index is 1560. The molecule has 4 amide bonds. The number of imide groups is 1. The largest absolute Gasteiger partial charge is 0.451 e. The van der Waals surface area contributed by atoms with Crippen LogP contribution < -0.4 is 11.2 Å². The molecule has 3 atom stereocenters. The predicted molar refractivity (Wildman–Crippen MR) is 160 cm³/mol. The Hall–Kier alpha value is -4.45. The van der Waals surface area contributed by atoms with Gasteiger partial charge < -0.3 is 15.0 Å². The van der Waals surface area contributed by atoms with E-state index in [2.05, 4.69) is 5.32 Å². The molecule has 0 radical (unpaired) electrons. The molecular weight excluding hydrogens is 592 g/mol. The molecule has 3 aromatic carbocycles. The minimum Gasteiger partial charge on any atom is -0.451 e. The summed E-state index contributed by atoms with van der Waals surface area (Å²) in [6, 6.07) is 22.4. The van der Waals surface area contributed by atoms with Crippen LogP contribution in [-0.2, 0) is 35.1 Å². The number of esters is 1. The zero-order valence-electron chi connectivity index (χ0n) is 22.9. The number of hydrogen-bond acceptors (Lipinski definition) is 8. The number of benzene rings is 3. The second kappa shape index (κ2) is 12.8. The number of ether oxygens (including phenoxy) is 1. The number of nitrogens with two attached hydrogens (primary N) is 1. The lowest BCUT2D eigenvalue weighted by Crippen LogP contribution is -2.74. The first kappa shape index (κ1) is 30.0. The Morgan fingerprint density at radius 1 is 0.977 bits per heavy atom. The first-order valence-corrected chi connectivity index (χ1v) is 14.6. The standard InChI is InChI=1S/C31H27ClN4O6S/c1-18(37)36(33)28(39)22-17-43-30-25(34-24(38)16-21-14-8-9-15-23(21)32)29(40)35(30)26(22)31(41)42-27(19-10-4-2-5-11-19)20-12-6-3-7-13-20/h2-15,17,25-27,30H,16,33H2,1H3,(H,34,38)/t25?,26?,30-/m1/s1. The number of hydrogen-bond donors (Lipinski definition) is 2. The van der Waals surface area contributed by atoms with Crippen molar-refractivity contribution in [1.82, 2.24) is 15.2 Å². The average molecular weight is 619 g/mol. The smallest absolute Gasteiger partial charge is 0.334 e. The Kier molecular flexibility index (Phi) is 8.95. The topological polar surface area (TPSA) is 139 Å². The maximum absolute atomic E-state index is 13.9. The molecule has 220 valence electrons. The minimum atomic E-state index is -1.51. The fraction of sp³-hybridized carbons (Fsp3) is 0.194. The van der Waals surface area contributed by atoms with Crippen molar-refractivity contribution in [3.05, 3.63) is 118 Å². The quantitative estimate of drug-likeness (QED) is 0.129. The van der Waals surface area contributed by atoms with Crippen LogP contribution in [0.1, 0.15) is 29.7 Å². The number of thioether (sulfide) groups is 1. The molecule has 2 aliphatic rings. The number of fused-ring (bicyclic) bond motifs is 1. The minimum absolute atomic E-state index is 0.0531. The lowest BCUT2D eigenvalue weighted by atomic mass is 9.96. The van der Waals surface area contributed by atoms with E-state index in [0.717, 1.165) is 18.7 Å². The summed E-state index contributed by atoms with van der Waals surface area (Å²) in [7, 11) is 0. The summed E-state index contributed by atoms with van der Waals surface area (Å²) >= 11 is 7.24. The van der Waals surface area contributed by atoms with Gasteiger partial charge in [-0.3, -0.25) is 19.2 Å². The van der Waals surface area contributed by atoms with Gasteiger partial charge in [0.1, 0.15) is 11.4 Å². The van der Waals surface area contributed by atoms with Crippen molar-refractivity contribution >= 4 is 53.0 Å². The summed E-state index contributed by atoms with van der Waals surface area (Å²) in [6.45, 7) is 1.10. The number of carbonyl (C=O) groups is 5. The third-order valence-corrected chi connectivity index (χ3v) is 8.62. The van der Waals surface area contributed by atoms with E-state index in [1.807, 2.05) is 12.1 Å². The van der Waals surface area contributed by atoms with Gasteiger partial charge >= 0.3 is 5.97 Å². The van der Waals surface area contributed by atoms with E-state index in [1.165, 1.54) is 10.3 Å². The SMILES string of the molecule is CC(=O)N(N)C(=O)C1=CS[C@@H]2C(NC(=O)Cc3ccccc3Cl)C(=O)N2C1C(=O)OC(c1ccccc1)c1ccccc1. The van der Waals surface area contributed by atoms with Gasteiger partial charge in [-0.1, -0.05) is 90.5 Å². The van der Waals surface area contributed by atoms with Crippen molar-refractivity contribution in [3.8, 4) is 0 Å². The molecule has 3 N–H and O–H groups in total. The molecule has 2 heterocycles. The fourth-order valence-corrected chi connectivity index (χ4v) is 6.31. The van der Waals surface area contributed by atoms with Gasteiger partial charge in [0.15, 0.2) is 12.1 Å². The summed E-state index contributed by atoms with van der Waals surface area (Å²) in [5.41, 5.74) is 1.74. The molecule has 1 fully saturated rings. The Labute approximate surface area is 256 Å². The lowest BCUT2D eigenvalue weighted by Gasteiger charge is -2.51. The van der Waals surface area contributed by atoms with Crippen molar-refractivity contribution in [1.29, 1.82) is 0 Å². The Morgan fingerprint density at radius 2 is 1.56 bits per heavy atom. The first-order chi connectivity index (χ1) is 20.7. The molecule has 2 aliphatic heterocycles. The van der Waals surface area contributed by atoms with E-state index in [4.69, 9.17) is 22.2 Å². The van der Waals surface area contributed by atoms with Crippen LogP contribution in [0.5, 0.6) is 0 Å². The highest BCUT2D eigenvalue weighted by Crippen LogP contribution is 2.41. The summed E-state index contributed by atoms with van der Waals surface area (Å²) < 4.78 is 6.01. The van der Waals surface area contributed by atoms with Gasteiger partial charge in [0.05, 0.1) is 12.0 Å². The van der Waals surface area contributed by atoms with Crippen molar-refractivity contribution in [2.75, 3.05) is 0 Å². The molecule has 3 aromatic rings. The summed E-state index contributed by atoms with van der Waals surface area (Å²) in [5, 5.41) is 4.18. The first-order valence-electron chi connectivity index (χ1n) is 13.3. The van der Waals surface area contributed by atoms with Crippen molar-refractivity contribution in [3.63, 3.8) is 0 Å². The molecule has 10 nitrogen and oxygen atoms in total. The molecule has 12 heteroatoms. The second-order valence-electron chi connectivity index (χ2n) is 9.89. The zero-order valence-corrected chi connectivity index (χ0v) is 24.5. The van der Waals surface area contributed by atoms with Crippen LogP contribution in [-0.4, -0.2) is 57.0 Å². The number of rotatable bonds is 8. The molecule has 0 saturated carbocycles. The van der Waals surface area contributed by atoms with Gasteiger partial charge in [-0.05, 0) is 28.2 Å². The van der Waals surface area contributed by atoms with Gasteiger partial charge in [0.2, 0.25) is 17.7 Å². The highest BCUT2D eigenvalue weighted by Gasteiger charge is 2.57. The van der Waals surface area contributed by atoms with Gasteiger partial charge in [-0.25, -0.2) is 15.6 Å². The highest BCUT2D eigenvalue weighted by molar-refractivity contribution is 8.03. The van der Waals surface area contributed by atoms with Crippen LogP contribution in [0.4, 0.5) is 0 Å². The maximum atomic E-state index is 13.9.